The topological polar surface area (TPSA) is 91.9 Å². The van der Waals surface area contributed by atoms with Crippen LogP contribution in [0.15, 0.2) is 46.1 Å². The number of aryl methyl sites for hydroxylation is 2. The number of rotatable bonds is 4. The summed E-state index contributed by atoms with van der Waals surface area (Å²) >= 11 is 5.97. The Morgan fingerprint density at radius 1 is 1.03 bits per heavy atom. The van der Waals surface area contributed by atoms with E-state index in [0.717, 1.165) is 24.5 Å². The fourth-order valence-corrected chi connectivity index (χ4v) is 5.13. The van der Waals surface area contributed by atoms with E-state index in [0.29, 0.717) is 36.9 Å². The maximum absolute atomic E-state index is 15.0. The molecular formula is C27H25ClFN5O3. The van der Waals surface area contributed by atoms with E-state index in [2.05, 4.69) is 15.0 Å². The molecule has 2 aliphatic rings. The molecule has 0 N–H and O–H groups in total. The van der Waals surface area contributed by atoms with Crippen LogP contribution < -0.4 is 11.1 Å². The molecule has 0 spiro atoms. The van der Waals surface area contributed by atoms with Gasteiger partial charge in [-0.05, 0) is 69.4 Å². The second-order valence-corrected chi connectivity index (χ2v) is 10.2. The quantitative estimate of drug-likeness (QED) is 0.386. The molecule has 0 amide bonds. The van der Waals surface area contributed by atoms with Gasteiger partial charge in [-0.2, -0.15) is 0 Å². The van der Waals surface area contributed by atoms with Gasteiger partial charge < -0.3 is 9.30 Å². The van der Waals surface area contributed by atoms with Crippen LogP contribution in [0.25, 0.3) is 17.0 Å². The second kappa shape index (κ2) is 9.15. The molecule has 0 unspecified atom stereocenters. The van der Waals surface area contributed by atoms with Gasteiger partial charge in [0.05, 0.1) is 23.2 Å². The van der Waals surface area contributed by atoms with E-state index in [1.165, 1.54) is 16.7 Å². The molecule has 4 aromatic rings. The van der Waals surface area contributed by atoms with Gasteiger partial charge in [0.1, 0.15) is 11.5 Å². The number of nitrogens with zero attached hydrogens (tertiary/aromatic N) is 5. The Morgan fingerprint density at radius 3 is 2.54 bits per heavy atom. The summed E-state index contributed by atoms with van der Waals surface area (Å²) in [7, 11) is 0. The summed E-state index contributed by atoms with van der Waals surface area (Å²) in [5, 5.41) is 0.224. The third kappa shape index (κ3) is 4.36. The lowest BCUT2D eigenvalue weighted by Gasteiger charge is -2.29. The van der Waals surface area contributed by atoms with Gasteiger partial charge in [0.2, 0.25) is 0 Å². The highest BCUT2D eigenvalue weighted by Crippen LogP contribution is 2.37. The van der Waals surface area contributed by atoms with Crippen molar-refractivity contribution in [2.24, 2.45) is 0 Å². The Morgan fingerprint density at radius 2 is 1.81 bits per heavy atom. The van der Waals surface area contributed by atoms with Gasteiger partial charge in [0, 0.05) is 35.9 Å². The first-order valence-electron chi connectivity index (χ1n) is 12.4. The number of ether oxygens (including phenoxy) is 1. The zero-order valence-electron chi connectivity index (χ0n) is 20.4. The standard InChI is InChI=1S/C27H25ClFN5O3/c1-14-15(2)31-26-25(30-14)32-24(27(36)34(26)21-6-3-18(28)13-20(21)29)17-8-10-37-22(11-17)16-7-9-33(19-4-5-19)23(35)12-16/h3,6-7,9,12-13,17,19,22H,4-5,8,10-11H2,1-2H3/t17-,22+/m0/s1. The van der Waals surface area contributed by atoms with Crippen molar-refractivity contribution in [3.63, 3.8) is 0 Å². The van der Waals surface area contributed by atoms with Crippen molar-refractivity contribution >= 4 is 22.9 Å². The Balaban J connectivity index is 1.45. The van der Waals surface area contributed by atoms with Crippen molar-refractivity contribution in [1.29, 1.82) is 0 Å². The van der Waals surface area contributed by atoms with Gasteiger partial charge in [-0.15, -0.1) is 0 Å². The van der Waals surface area contributed by atoms with E-state index >= 15 is 4.39 Å². The van der Waals surface area contributed by atoms with Crippen molar-refractivity contribution < 1.29 is 9.13 Å². The lowest BCUT2D eigenvalue weighted by molar-refractivity contribution is 0.00428. The average molecular weight is 522 g/mol. The van der Waals surface area contributed by atoms with Crippen LogP contribution in [-0.4, -0.2) is 30.7 Å². The predicted molar refractivity (Wildman–Crippen MR) is 137 cm³/mol. The molecule has 10 heteroatoms. The Bertz CT molecular complexity index is 1660. The van der Waals surface area contributed by atoms with Crippen LogP contribution in [0, 0.1) is 19.7 Å². The first-order chi connectivity index (χ1) is 17.8. The Hall–Kier alpha value is -3.43. The van der Waals surface area contributed by atoms with Crippen molar-refractivity contribution in [3.8, 4) is 5.69 Å². The van der Waals surface area contributed by atoms with Crippen LogP contribution in [0.2, 0.25) is 5.02 Å². The van der Waals surface area contributed by atoms with Crippen LogP contribution in [0.3, 0.4) is 0 Å². The summed E-state index contributed by atoms with van der Waals surface area (Å²) in [6.45, 7) is 3.99. The lowest BCUT2D eigenvalue weighted by Crippen LogP contribution is -2.31. The normalized spacial score (nSPS) is 19.9. The van der Waals surface area contributed by atoms with Crippen LogP contribution in [0.1, 0.15) is 66.4 Å². The zero-order valence-corrected chi connectivity index (χ0v) is 21.2. The summed E-state index contributed by atoms with van der Waals surface area (Å²) in [4.78, 5) is 40.2. The molecule has 1 aliphatic carbocycles. The zero-order chi connectivity index (χ0) is 25.8. The van der Waals surface area contributed by atoms with Gasteiger partial charge in [0.15, 0.2) is 11.3 Å². The van der Waals surface area contributed by atoms with E-state index in [1.807, 2.05) is 19.2 Å². The van der Waals surface area contributed by atoms with Gasteiger partial charge in [-0.25, -0.2) is 19.3 Å². The number of pyridine rings is 1. The molecule has 0 bridgehead atoms. The molecule has 1 saturated carbocycles. The predicted octanol–water partition coefficient (Wildman–Crippen LogP) is 4.72. The highest BCUT2D eigenvalue weighted by Gasteiger charge is 2.31. The molecule has 1 saturated heterocycles. The van der Waals surface area contributed by atoms with Gasteiger partial charge in [-0.1, -0.05) is 11.6 Å². The molecule has 6 rings (SSSR count). The SMILES string of the molecule is Cc1nc2nc([C@H]3CCO[C@@H](c4ccn(C5CC5)c(=O)c4)C3)c(=O)n(-c3ccc(Cl)cc3F)c2nc1C. The van der Waals surface area contributed by atoms with Gasteiger partial charge in [0.25, 0.3) is 11.1 Å². The maximum Gasteiger partial charge on any atom is 0.278 e. The third-order valence-electron chi connectivity index (χ3n) is 7.24. The number of benzene rings is 1. The number of fused-ring (bicyclic) bond motifs is 1. The van der Waals surface area contributed by atoms with Crippen molar-refractivity contribution in [3.05, 3.63) is 90.7 Å². The molecule has 37 heavy (non-hydrogen) atoms. The first-order valence-corrected chi connectivity index (χ1v) is 12.7. The minimum Gasteiger partial charge on any atom is -0.373 e. The number of hydrogen-bond acceptors (Lipinski definition) is 6. The van der Waals surface area contributed by atoms with E-state index in [1.54, 1.807) is 17.6 Å². The fourth-order valence-electron chi connectivity index (χ4n) is 4.97. The van der Waals surface area contributed by atoms with Gasteiger partial charge >= 0.3 is 0 Å². The molecule has 2 fully saturated rings. The van der Waals surface area contributed by atoms with E-state index in [9.17, 15) is 9.59 Å². The minimum atomic E-state index is -0.644. The molecule has 1 aliphatic heterocycles. The van der Waals surface area contributed by atoms with E-state index in [4.69, 9.17) is 16.3 Å². The van der Waals surface area contributed by atoms with Crippen molar-refractivity contribution in [2.45, 2.75) is 57.6 Å². The van der Waals surface area contributed by atoms with E-state index < -0.39 is 11.4 Å². The molecule has 0 radical (unpaired) electrons. The summed E-state index contributed by atoms with van der Waals surface area (Å²) in [6, 6.07) is 7.99. The average Bonchev–Trinajstić information content (AvgIpc) is 3.71. The van der Waals surface area contributed by atoms with Crippen LogP contribution in [-0.2, 0) is 4.74 Å². The summed E-state index contributed by atoms with van der Waals surface area (Å²) < 4.78 is 24.1. The molecule has 3 aromatic heterocycles. The van der Waals surface area contributed by atoms with Crippen LogP contribution >= 0.6 is 11.6 Å². The molecule has 1 aromatic carbocycles. The lowest BCUT2D eigenvalue weighted by atomic mass is 9.89. The molecule has 8 nitrogen and oxygen atoms in total. The first kappa shape index (κ1) is 23.9. The highest BCUT2D eigenvalue weighted by molar-refractivity contribution is 6.30. The van der Waals surface area contributed by atoms with Crippen molar-refractivity contribution in [2.75, 3.05) is 6.61 Å². The summed E-state index contributed by atoms with van der Waals surface area (Å²) in [6.07, 6.45) is 4.54. The summed E-state index contributed by atoms with van der Waals surface area (Å²) in [5.74, 6) is -0.916. The summed E-state index contributed by atoms with van der Waals surface area (Å²) in [5.41, 5.74) is 2.34. The molecule has 2 atom stereocenters. The Labute approximate surface area is 216 Å². The maximum atomic E-state index is 15.0. The monoisotopic (exact) mass is 521 g/mol. The second-order valence-electron chi connectivity index (χ2n) is 9.79. The highest BCUT2D eigenvalue weighted by atomic mass is 35.5. The Kier molecular flexibility index (Phi) is 5.92. The molecule has 190 valence electrons. The molecular weight excluding hydrogens is 497 g/mol. The minimum absolute atomic E-state index is 0.0351. The van der Waals surface area contributed by atoms with E-state index in [-0.39, 0.29) is 45.3 Å². The van der Waals surface area contributed by atoms with Gasteiger partial charge in [-0.3, -0.25) is 14.2 Å². The van der Waals surface area contributed by atoms with Crippen molar-refractivity contribution in [1.82, 2.24) is 24.1 Å². The molecule has 4 heterocycles. The third-order valence-corrected chi connectivity index (χ3v) is 7.47. The van der Waals surface area contributed by atoms with Crippen LogP contribution in [0.4, 0.5) is 4.39 Å². The van der Waals surface area contributed by atoms with Crippen LogP contribution in [0.5, 0.6) is 0 Å². The number of aromatic nitrogens is 5. The smallest absolute Gasteiger partial charge is 0.278 e. The number of halogens is 2. The largest absolute Gasteiger partial charge is 0.373 e. The number of hydrogen-bond donors (Lipinski definition) is 0. The fraction of sp³-hybridized carbons (Fsp3) is 0.370.